The molecule has 0 saturated carbocycles. The van der Waals surface area contributed by atoms with E-state index in [0.717, 1.165) is 19.7 Å². The number of ether oxygens (including phenoxy) is 1. The van der Waals surface area contributed by atoms with Crippen LogP contribution >= 0.6 is 0 Å². The number of likely N-dealkylation sites (tertiary alicyclic amines) is 1. The first kappa shape index (κ1) is 11.5. The number of methoxy groups -OCH3 is 1. The summed E-state index contributed by atoms with van der Waals surface area (Å²) >= 11 is 0. The van der Waals surface area contributed by atoms with Crippen LogP contribution in [0.1, 0.15) is 6.92 Å². The van der Waals surface area contributed by atoms with Gasteiger partial charge < -0.3 is 15.0 Å². The van der Waals surface area contributed by atoms with E-state index in [-0.39, 0.29) is 5.91 Å². The molecule has 1 aliphatic heterocycles. The topological polar surface area (TPSA) is 41.6 Å². The largest absolute Gasteiger partial charge is 0.384 e. The van der Waals surface area contributed by atoms with Gasteiger partial charge in [-0.3, -0.25) is 4.79 Å². The number of rotatable bonds is 4. The van der Waals surface area contributed by atoms with E-state index in [2.05, 4.69) is 12.2 Å². The van der Waals surface area contributed by atoms with Gasteiger partial charge in [0.15, 0.2) is 0 Å². The molecule has 1 amide bonds. The molecule has 0 spiro atoms. The molecule has 0 unspecified atom stereocenters. The zero-order valence-corrected chi connectivity index (χ0v) is 9.25. The molecule has 2 atom stereocenters. The van der Waals surface area contributed by atoms with E-state index in [9.17, 15) is 4.79 Å². The highest BCUT2D eigenvalue weighted by atomic mass is 16.5. The average molecular weight is 200 g/mol. The van der Waals surface area contributed by atoms with Gasteiger partial charge in [-0.05, 0) is 13.0 Å². The zero-order chi connectivity index (χ0) is 10.6. The second-order valence-corrected chi connectivity index (χ2v) is 4.02. The Hall–Kier alpha value is -0.610. The molecule has 82 valence electrons. The van der Waals surface area contributed by atoms with Crippen LogP contribution in [0.3, 0.4) is 0 Å². The maximum Gasteiger partial charge on any atom is 0.236 e. The lowest BCUT2D eigenvalue weighted by atomic mass is 10.00. The Labute approximate surface area is 85.6 Å². The van der Waals surface area contributed by atoms with Gasteiger partial charge in [0.2, 0.25) is 5.91 Å². The van der Waals surface area contributed by atoms with Crippen molar-refractivity contribution in [2.75, 3.05) is 40.4 Å². The molecule has 0 aromatic heterocycles. The smallest absolute Gasteiger partial charge is 0.236 e. The first-order valence-electron chi connectivity index (χ1n) is 5.10. The van der Waals surface area contributed by atoms with E-state index in [1.807, 2.05) is 4.90 Å². The van der Waals surface area contributed by atoms with Crippen molar-refractivity contribution in [1.82, 2.24) is 10.2 Å². The molecule has 0 aromatic carbocycles. The van der Waals surface area contributed by atoms with Crippen molar-refractivity contribution in [3.05, 3.63) is 0 Å². The Morgan fingerprint density at radius 1 is 1.57 bits per heavy atom. The molecule has 1 N–H and O–H groups in total. The Kier molecular flexibility index (Phi) is 4.35. The van der Waals surface area contributed by atoms with E-state index in [0.29, 0.717) is 18.4 Å². The van der Waals surface area contributed by atoms with Crippen molar-refractivity contribution in [2.45, 2.75) is 6.92 Å². The number of carbonyl (C=O) groups is 1. The van der Waals surface area contributed by atoms with Crippen LogP contribution in [0.2, 0.25) is 0 Å². The number of carbonyl (C=O) groups excluding carboxylic acids is 1. The van der Waals surface area contributed by atoms with Crippen molar-refractivity contribution >= 4 is 5.91 Å². The predicted molar refractivity (Wildman–Crippen MR) is 55.0 cm³/mol. The van der Waals surface area contributed by atoms with Gasteiger partial charge >= 0.3 is 0 Å². The Morgan fingerprint density at radius 3 is 2.86 bits per heavy atom. The molecule has 14 heavy (non-hydrogen) atoms. The van der Waals surface area contributed by atoms with Gasteiger partial charge in [-0.1, -0.05) is 6.92 Å². The summed E-state index contributed by atoms with van der Waals surface area (Å²) < 4.78 is 5.13. The van der Waals surface area contributed by atoms with Crippen LogP contribution in [-0.2, 0) is 9.53 Å². The number of likely N-dealkylation sites (N-methyl/N-ethyl adjacent to an activating group) is 1. The number of hydrogen-bond donors (Lipinski definition) is 1. The first-order chi connectivity index (χ1) is 6.69. The summed E-state index contributed by atoms with van der Waals surface area (Å²) in [4.78, 5) is 13.5. The van der Waals surface area contributed by atoms with Crippen LogP contribution in [0.25, 0.3) is 0 Å². The molecule has 0 aliphatic carbocycles. The third-order valence-corrected chi connectivity index (χ3v) is 2.83. The van der Waals surface area contributed by atoms with Gasteiger partial charge in [-0.25, -0.2) is 0 Å². The van der Waals surface area contributed by atoms with Crippen LogP contribution in [0.4, 0.5) is 0 Å². The molecule has 0 bridgehead atoms. The maximum atomic E-state index is 11.6. The summed E-state index contributed by atoms with van der Waals surface area (Å²) in [5.41, 5.74) is 0. The first-order valence-corrected chi connectivity index (χ1v) is 5.10. The minimum absolute atomic E-state index is 0.193. The SMILES string of the molecule is CNCC(=O)N1C[C@@H](COC)[C@H](C)C1. The highest BCUT2D eigenvalue weighted by Gasteiger charge is 2.31. The second-order valence-electron chi connectivity index (χ2n) is 4.02. The quantitative estimate of drug-likeness (QED) is 0.691. The van der Waals surface area contributed by atoms with Crippen molar-refractivity contribution in [3.8, 4) is 0 Å². The van der Waals surface area contributed by atoms with Crippen LogP contribution in [0.5, 0.6) is 0 Å². The molecular weight excluding hydrogens is 180 g/mol. The zero-order valence-electron chi connectivity index (χ0n) is 9.25. The lowest BCUT2D eigenvalue weighted by Gasteiger charge is -2.15. The van der Waals surface area contributed by atoms with Gasteiger partial charge in [0.1, 0.15) is 0 Å². The summed E-state index contributed by atoms with van der Waals surface area (Å²) in [6.45, 7) is 5.08. The fourth-order valence-electron chi connectivity index (χ4n) is 1.93. The lowest BCUT2D eigenvalue weighted by molar-refractivity contribution is -0.129. The van der Waals surface area contributed by atoms with Gasteiger partial charge in [0, 0.05) is 26.1 Å². The maximum absolute atomic E-state index is 11.6. The number of amides is 1. The van der Waals surface area contributed by atoms with E-state index >= 15 is 0 Å². The molecule has 1 saturated heterocycles. The van der Waals surface area contributed by atoms with E-state index in [1.165, 1.54) is 0 Å². The van der Waals surface area contributed by atoms with Crippen molar-refractivity contribution in [2.24, 2.45) is 11.8 Å². The molecule has 1 fully saturated rings. The summed E-state index contributed by atoms with van der Waals surface area (Å²) in [7, 11) is 3.51. The standard InChI is InChI=1S/C10H20N2O2/c1-8-5-12(10(13)4-11-2)6-9(8)7-14-3/h8-9,11H,4-7H2,1-3H3/t8-,9+/m1/s1. The van der Waals surface area contributed by atoms with E-state index in [1.54, 1.807) is 14.2 Å². The van der Waals surface area contributed by atoms with Crippen molar-refractivity contribution < 1.29 is 9.53 Å². The van der Waals surface area contributed by atoms with Gasteiger partial charge in [0.05, 0.1) is 13.2 Å². The van der Waals surface area contributed by atoms with Crippen molar-refractivity contribution in [1.29, 1.82) is 0 Å². The average Bonchev–Trinajstić information content (AvgIpc) is 2.49. The number of nitrogens with one attached hydrogen (secondary N) is 1. The second kappa shape index (κ2) is 5.32. The van der Waals surface area contributed by atoms with E-state index in [4.69, 9.17) is 4.74 Å². The van der Waals surface area contributed by atoms with E-state index < -0.39 is 0 Å². The lowest BCUT2D eigenvalue weighted by Crippen LogP contribution is -2.35. The van der Waals surface area contributed by atoms with Gasteiger partial charge in [-0.15, -0.1) is 0 Å². The monoisotopic (exact) mass is 200 g/mol. The number of nitrogens with zero attached hydrogens (tertiary/aromatic N) is 1. The van der Waals surface area contributed by atoms with Crippen LogP contribution in [-0.4, -0.2) is 51.2 Å². The van der Waals surface area contributed by atoms with Crippen molar-refractivity contribution in [3.63, 3.8) is 0 Å². The highest BCUT2D eigenvalue weighted by molar-refractivity contribution is 5.78. The molecular formula is C10H20N2O2. The molecule has 1 rings (SSSR count). The normalized spacial score (nSPS) is 26.9. The molecule has 1 heterocycles. The minimum atomic E-state index is 0.193. The van der Waals surface area contributed by atoms with Crippen LogP contribution in [0.15, 0.2) is 0 Å². The summed E-state index contributed by atoms with van der Waals surface area (Å²) in [5, 5.41) is 2.88. The molecule has 0 radical (unpaired) electrons. The van der Waals surface area contributed by atoms with Gasteiger partial charge in [-0.2, -0.15) is 0 Å². The Morgan fingerprint density at radius 2 is 2.29 bits per heavy atom. The number of hydrogen-bond acceptors (Lipinski definition) is 3. The van der Waals surface area contributed by atoms with Crippen LogP contribution < -0.4 is 5.32 Å². The van der Waals surface area contributed by atoms with Crippen LogP contribution in [0, 0.1) is 11.8 Å². The Balaban J connectivity index is 2.41. The summed E-state index contributed by atoms with van der Waals surface area (Å²) in [6.07, 6.45) is 0. The minimum Gasteiger partial charge on any atom is -0.384 e. The summed E-state index contributed by atoms with van der Waals surface area (Å²) in [5.74, 6) is 1.24. The fraction of sp³-hybridized carbons (Fsp3) is 0.900. The third kappa shape index (κ3) is 2.69. The summed E-state index contributed by atoms with van der Waals surface area (Å²) in [6, 6.07) is 0. The third-order valence-electron chi connectivity index (χ3n) is 2.83. The highest BCUT2D eigenvalue weighted by Crippen LogP contribution is 2.22. The molecule has 0 aromatic rings. The Bertz CT molecular complexity index is 197. The molecule has 1 aliphatic rings. The molecule has 4 heteroatoms. The van der Waals surface area contributed by atoms with Gasteiger partial charge in [0.25, 0.3) is 0 Å². The predicted octanol–water partition coefficient (Wildman–Crippen LogP) is -0.0533. The molecule has 4 nitrogen and oxygen atoms in total. The fourth-order valence-corrected chi connectivity index (χ4v) is 1.93.